The number of urea groups is 1. The highest BCUT2D eigenvalue weighted by Gasteiger charge is 2.45. The highest BCUT2D eigenvalue weighted by molar-refractivity contribution is 7.12. The van der Waals surface area contributed by atoms with Gasteiger partial charge in [0, 0.05) is 51.2 Å². The Kier molecular flexibility index (Phi) is 5.43. The smallest absolute Gasteiger partial charge is 0.320 e. The molecule has 4 fully saturated rings. The van der Waals surface area contributed by atoms with Gasteiger partial charge in [0.25, 0.3) is 5.91 Å². The van der Waals surface area contributed by atoms with Gasteiger partial charge < -0.3 is 20.0 Å². The molecule has 0 saturated carbocycles. The van der Waals surface area contributed by atoms with Crippen molar-refractivity contribution in [3.8, 4) is 0 Å². The Balaban J connectivity index is 1.15. The average Bonchev–Trinajstić information content (AvgIpc) is 3.30. The van der Waals surface area contributed by atoms with Crippen LogP contribution in [0.25, 0.3) is 0 Å². The zero-order valence-corrected chi connectivity index (χ0v) is 18.1. The fraction of sp³-hybridized carbons (Fsp3) is 0.682. The van der Waals surface area contributed by atoms with Crippen molar-refractivity contribution in [1.29, 1.82) is 0 Å². The number of carbonyl (C=O) groups is 3. The van der Waals surface area contributed by atoms with Crippen molar-refractivity contribution in [2.24, 2.45) is 11.8 Å². The summed E-state index contributed by atoms with van der Waals surface area (Å²) in [7, 11) is 0. The van der Waals surface area contributed by atoms with E-state index in [1.54, 1.807) is 0 Å². The standard InChI is InChI=1S/C22H30N4O3S/c27-20-5-1-3-18-16-11-15(13-26(18)20)12-25(14-16)22(29)24-8-6-17(7-9-24)23-21(28)19-4-2-10-30-19/h2,4,10,15-18H,1,3,5-9,11-14H2,(H,23,28)/t15?,16?,18-/m1/s1. The summed E-state index contributed by atoms with van der Waals surface area (Å²) in [5.74, 6) is 1.14. The summed E-state index contributed by atoms with van der Waals surface area (Å²) in [4.78, 5) is 44.6. The number of hydrogen-bond acceptors (Lipinski definition) is 4. The maximum atomic E-state index is 13.2. The lowest BCUT2D eigenvalue weighted by Crippen LogP contribution is -2.62. The number of carbonyl (C=O) groups excluding carboxylic acids is 3. The van der Waals surface area contributed by atoms with Crippen LogP contribution in [-0.2, 0) is 4.79 Å². The molecule has 0 spiro atoms. The monoisotopic (exact) mass is 430 g/mol. The Bertz CT molecular complexity index is 805. The van der Waals surface area contributed by atoms with Crippen LogP contribution in [0, 0.1) is 11.8 Å². The molecule has 1 aromatic heterocycles. The molecular weight excluding hydrogens is 400 g/mol. The molecule has 3 atom stereocenters. The lowest BCUT2D eigenvalue weighted by molar-refractivity contribution is -0.144. The van der Waals surface area contributed by atoms with Gasteiger partial charge in [-0.15, -0.1) is 11.3 Å². The summed E-state index contributed by atoms with van der Waals surface area (Å²) in [6.07, 6.45) is 5.51. The molecule has 7 nitrogen and oxygen atoms in total. The van der Waals surface area contributed by atoms with Gasteiger partial charge in [-0.25, -0.2) is 4.79 Å². The molecule has 0 aromatic carbocycles. The average molecular weight is 431 g/mol. The fourth-order valence-corrected chi connectivity index (χ4v) is 6.47. The van der Waals surface area contributed by atoms with Crippen LogP contribution >= 0.6 is 11.3 Å². The third-order valence-electron chi connectivity index (χ3n) is 7.30. The molecule has 0 radical (unpaired) electrons. The quantitative estimate of drug-likeness (QED) is 0.783. The van der Waals surface area contributed by atoms with E-state index in [-0.39, 0.29) is 18.0 Å². The lowest BCUT2D eigenvalue weighted by Gasteiger charge is -2.53. The molecule has 1 N–H and O–H groups in total. The van der Waals surface area contributed by atoms with E-state index in [1.165, 1.54) is 11.3 Å². The van der Waals surface area contributed by atoms with Crippen LogP contribution in [0.4, 0.5) is 4.79 Å². The maximum absolute atomic E-state index is 13.2. The Morgan fingerprint density at radius 1 is 1.07 bits per heavy atom. The van der Waals surface area contributed by atoms with Crippen molar-refractivity contribution in [2.75, 3.05) is 32.7 Å². The highest BCUT2D eigenvalue weighted by atomic mass is 32.1. The minimum atomic E-state index is -0.00906. The predicted octanol–water partition coefficient (Wildman–Crippen LogP) is 2.40. The normalized spacial score (nSPS) is 29.5. The van der Waals surface area contributed by atoms with Gasteiger partial charge in [0.2, 0.25) is 5.91 Å². The van der Waals surface area contributed by atoms with Crippen LogP contribution in [-0.4, -0.2) is 77.4 Å². The molecule has 4 aliphatic heterocycles. The Labute approximate surface area is 181 Å². The molecule has 5 heterocycles. The van der Waals surface area contributed by atoms with Gasteiger partial charge in [-0.1, -0.05) is 6.07 Å². The van der Waals surface area contributed by atoms with Gasteiger partial charge in [0.15, 0.2) is 0 Å². The number of rotatable bonds is 2. The number of piperidine rings is 4. The van der Waals surface area contributed by atoms with Crippen LogP contribution in [0.2, 0.25) is 0 Å². The van der Waals surface area contributed by atoms with Crippen molar-refractivity contribution in [3.63, 3.8) is 0 Å². The molecule has 2 bridgehead atoms. The third kappa shape index (κ3) is 3.82. The van der Waals surface area contributed by atoms with Gasteiger partial charge in [0.1, 0.15) is 0 Å². The zero-order chi connectivity index (χ0) is 20.7. The molecule has 1 aromatic rings. The molecule has 4 aliphatic rings. The van der Waals surface area contributed by atoms with Gasteiger partial charge in [0.05, 0.1) is 4.88 Å². The second-order valence-electron chi connectivity index (χ2n) is 9.27. The summed E-state index contributed by atoms with van der Waals surface area (Å²) in [6.45, 7) is 3.74. The van der Waals surface area contributed by atoms with Gasteiger partial charge in [-0.3, -0.25) is 9.59 Å². The van der Waals surface area contributed by atoms with Crippen molar-refractivity contribution in [1.82, 2.24) is 20.0 Å². The Morgan fingerprint density at radius 2 is 1.90 bits per heavy atom. The highest BCUT2D eigenvalue weighted by Crippen LogP contribution is 2.38. The number of nitrogens with one attached hydrogen (secondary N) is 1. The molecule has 8 heteroatoms. The molecule has 162 valence electrons. The summed E-state index contributed by atoms with van der Waals surface area (Å²) in [6, 6.07) is 4.33. The van der Waals surface area contributed by atoms with Crippen LogP contribution in [0.3, 0.4) is 0 Å². The number of thiophene rings is 1. The summed E-state index contributed by atoms with van der Waals surface area (Å²) >= 11 is 1.45. The Morgan fingerprint density at radius 3 is 2.67 bits per heavy atom. The second kappa shape index (κ2) is 8.21. The van der Waals surface area contributed by atoms with Crippen molar-refractivity contribution < 1.29 is 14.4 Å². The first kappa shape index (κ1) is 19.8. The van der Waals surface area contributed by atoms with Crippen LogP contribution in [0.15, 0.2) is 17.5 Å². The molecule has 0 aliphatic carbocycles. The minimum absolute atomic E-state index is 0.00906. The number of fused-ring (bicyclic) bond motifs is 4. The summed E-state index contributed by atoms with van der Waals surface area (Å²) in [5.41, 5.74) is 0. The topological polar surface area (TPSA) is 73.0 Å². The van der Waals surface area contributed by atoms with E-state index >= 15 is 0 Å². The third-order valence-corrected chi connectivity index (χ3v) is 8.16. The van der Waals surface area contributed by atoms with E-state index in [9.17, 15) is 14.4 Å². The number of nitrogens with zero attached hydrogens (tertiary/aromatic N) is 3. The second-order valence-corrected chi connectivity index (χ2v) is 10.2. The largest absolute Gasteiger partial charge is 0.348 e. The van der Waals surface area contributed by atoms with Crippen LogP contribution < -0.4 is 5.32 Å². The van der Waals surface area contributed by atoms with Gasteiger partial charge in [-0.2, -0.15) is 0 Å². The predicted molar refractivity (Wildman–Crippen MR) is 114 cm³/mol. The van der Waals surface area contributed by atoms with E-state index in [4.69, 9.17) is 0 Å². The van der Waals surface area contributed by atoms with Crippen LogP contribution in [0.1, 0.15) is 48.2 Å². The maximum Gasteiger partial charge on any atom is 0.320 e. The first-order valence-corrected chi connectivity index (χ1v) is 12.1. The van der Waals surface area contributed by atoms with Crippen molar-refractivity contribution in [2.45, 2.75) is 50.6 Å². The molecule has 5 rings (SSSR count). The molecular formula is C22H30N4O3S. The van der Waals surface area contributed by atoms with Crippen molar-refractivity contribution in [3.05, 3.63) is 22.4 Å². The molecule has 30 heavy (non-hydrogen) atoms. The SMILES string of the molecule is O=C(NC1CCN(C(=O)N2CC3CC(C2)[C@H]2CCCC(=O)N2C3)CC1)c1cccs1. The van der Waals surface area contributed by atoms with Gasteiger partial charge in [-0.05, 0) is 55.4 Å². The zero-order valence-electron chi connectivity index (χ0n) is 17.3. The van der Waals surface area contributed by atoms with E-state index in [1.807, 2.05) is 27.3 Å². The number of hydrogen-bond donors (Lipinski definition) is 1. The summed E-state index contributed by atoms with van der Waals surface area (Å²) < 4.78 is 0. The van der Waals surface area contributed by atoms with Crippen molar-refractivity contribution >= 4 is 29.2 Å². The molecule has 4 saturated heterocycles. The van der Waals surface area contributed by atoms with E-state index in [2.05, 4.69) is 10.2 Å². The van der Waals surface area contributed by atoms with Gasteiger partial charge >= 0.3 is 6.03 Å². The number of likely N-dealkylation sites (tertiary alicyclic amines) is 2. The van der Waals surface area contributed by atoms with E-state index in [0.29, 0.717) is 43.3 Å². The van der Waals surface area contributed by atoms with Crippen LogP contribution in [0.5, 0.6) is 0 Å². The number of amides is 4. The lowest BCUT2D eigenvalue weighted by atomic mass is 9.76. The first-order valence-electron chi connectivity index (χ1n) is 11.3. The fourth-order valence-electron chi connectivity index (χ4n) is 5.85. The summed E-state index contributed by atoms with van der Waals surface area (Å²) in [5, 5.41) is 5.02. The molecule has 4 amide bonds. The Hall–Kier alpha value is -2.09. The minimum Gasteiger partial charge on any atom is -0.348 e. The first-order chi connectivity index (χ1) is 14.6. The van der Waals surface area contributed by atoms with E-state index < -0.39 is 0 Å². The molecule has 2 unspecified atom stereocenters. The van der Waals surface area contributed by atoms with E-state index in [0.717, 1.165) is 56.6 Å².